The van der Waals surface area contributed by atoms with Crippen LogP contribution in [-0.2, 0) is 4.74 Å². The summed E-state index contributed by atoms with van der Waals surface area (Å²) in [6.07, 6.45) is 12.5. The van der Waals surface area contributed by atoms with Crippen LogP contribution in [-0.4, -0.2) is 45.8 Å². The first kappa shape index (κ1) is 21.8. The highest BCUT2D eigenvalue weighted by Crippen LogP contribution is 2.64. The van der Waals surface area contributed by atoms with Crippen molar-refractivity contribution in [1.29, 1.82) is 0 Å². The molecule has 1 unspecified atom stereocenters. The first-order valence-electron chi connectivity index (χ1n) is 13.4. The number of ether oxygens (including phenoxy) is 1. The van der Waals surface area contributed by atoms with E-state index in [0.29, 0.717) is 23.2 Å². The van der Waals surface area contributed by atoms with E-state index in [-0.39, 0.29) is 23.9 Å². The van der Waals surface area contributed by atoms with Crippen LogP contribution >= 0.6 is 0 Å². The topological polar surface area (TPSA) is 52.9 Å². The molecule has 4 nitrogen and oxygen atoms in total. The Balaban J connectivity index is 1.30. The molecule has 0 aromatic rings. The molecule has 4 aliphatic carbocycles. The minimum Gasteiger partial charge on any atom is -0.389 e. The van der Waals surface area contributed by atoms with Crippen LogP contribution < -0.4 is 0 Å². The summed E-state index contributed by atoms with van der Waals surface area (Å²) in [4.78, 5) is 0. The Labute approximate surface area is 194 Å². The van der Waals surface area contributed by atoms with Crippen LogP contribution in [0.25, 0.3) is 0 Å². The zero-order valence-corrected chi connectivity index (χ0v) is 20.5. The van der Waals surface area contributed by atoms with Crippen molar-refractivity contribution in [3.8, 4) is 0 Å². The maximum absolute atomic E-state index is 10.8. The largest absolute Gasteiger partial charge is 0.389 e. The molecule has 1 spiro atoms. The lowest BCUT2D eigenvalue weighted by Crippen LogP contribution is -2.50. The molecular weight excluding hydrogens is 398 g/mol. The second kappa shape index (κ2) is 7.41. The summed E-state index contributed by atoms with van der Waals surface area (Å²) in [6.45, 7) is 10.3. The van der Waals surface area contributed by atoms with Crippen molar-refractivity contribution in [2.24, 2.45) is 35.0 Å². The SMILES string of the molecule is CC1=C2C[C@H]3[C@@H](CCC4=C[C@@H](O)CC[C@@]43C)[C@@H]2CCC2(C1)O[C@@H]1C[C@H](C)CN(O)[C@H]1[C@H]2C. The molecular formula is C28H43NO3. The van der Waals surface area contributed by atoms with Crippen molar-refractivity contribution < 1.29 is 15.1 Å². The molecule has 0 radical (unpaired) electrons. The number of aliphatic hydroxyl groups is 1. The van der Waals surface area contributed by atoms with Gasteiger partial charge in [0.1, 0.15) is 0 Å². The van der Waals surface area contributed by atoms with Gasteiger partial charge >= 0.3 is 0 Å². The average molecular weight is 442 g/mol. The van der Waals surface area contributed by atoms with E-state index >= 15 is 0 Å². The lowest BCUT2D eigenvalue weighted by molar-refractivity contribution is -0.178. The fourth-order valence-corrected chi connectivity index (χ4v) is 9.49. The number of nitrogens with zero attached hydrogens (tertiary/aromatic N) is 1. The van der Waals surface area contributed by atoms with Crippen LogP contribution in [0, 0.1) is 35.0 Å². The predicted molar refractivity (Wildman–Crippen MR) is 125 cm³/mol. The number of hydrogen-bond donors (Lipinski definition) is 2. The first-order valence-corrected chi connectivity index (χ1v) is 13.4. The Morgan fingerprint density at radius 2 is 1.97 bits per heavy atom. The van der Waals surface area contributed by atoms with Crippen LogP contribution in [0.2, 0.25) is 0 Å². The number of fused-ring (bicyclic) bond motifs is 6. The molecule has 4 fully saturated rings. The van der Waals surface area contributed by atoms with Crippen molar-refractivity contribution in [2.45, 2.75) is 109 Å². The van der Waals surface area contributed by atoms with Gasteiger partial charge in [0.05, 0.1) is 23.9 Å². The Bertz CT molecular complexity index is 850. The van der Waals surface area contributed by atoms with Gasteiger partial charge in [-0.3, -0.25) is 0 Å². The molecule has 2 aliphatic heterocycles. The van der Waals surface area contributed by atoms with Crippen LogP contribution in [0.3, 0.4) is 0 Å². The highest BCUT2D eigenvalue weighted by Gasteiger charge is 2.59. The molecule has 178 valence electrons. The molecule has 6 aliphatic rings. The van der Waals surface area contributed by atoms with Crippen molar-refractivity contribution in [1.82, 2.24) is 5.06 Å². The fraction of sp³-hybridized carbons (Fsp3) is 0.857. The predicted octanol–water partition coefficient (Wildman–Crippen LogP) is 5.49. The van der Waals surface area contributed by atoms with Gasteiger partial charge in [0.25, 0.3) is 0 Å². The smallest absolute Gasteiger partial charge is 0.0768 e. The van der Waals surface area contributed by atoms with Crippen molar-refractivity contribution >= 4 is 0 Å². The minimum absolute atomic E-state index is 0.101. The molecule has 10 atom stereocenters. The maximum Gasteiger partial charge on any atom is 0.0768 e. The Morgan fingerprint density at radius 3 is 2.78 bits per heavy atom. The number of hydrogen-bond acceptors (Lipinski definition) is 4. The van der Waals surface area contributed by atoms with Gasteiger partial charge in [-0.1, -0.05) is 43.6 Å². The molecule has 32 heavy (non-hydrogen) atoms. The zero-order valence-electron chi connectivity index (χ0n) is 20.5. The highest BCUT2D eigenvalue weighted by atomic mass is 16.5. The van der Waals surface area contributed by atoms with Crippen LogP contribution in [0.15, 0.2) is 22.8 Å². The summed E-state index contributed by atoms with van der Waals surface area (Å²) in [7, 11) is 0. The normalized spacial score (nSPS) is 53.4. The lowest BCUT2D eigenvalue weighted by atomic mass is 9.56. The maximum atomic E-state index is 10.8. The highest BCUT2D eigenvalue weighted by molar-refractivity contribution is 5.33. The van der Waals surface area contributed by atoms with Crippen molar-refractivity contribution in [3.05, 3.63) is 22.8 Å². The molecule has 4 heteroatoms. The second-order valence-electron chi connectivity index (χ2n) is 12.8. The van der Waals surface area contributed by atoms with Gasteiger partial charge < -0.3 is 15.1 Å². The summed E-state index contributed by atoms with van der Waals surface area (Å²) in [5, 5.41) is 22.6. The number of allylic oxidation sites excluding steroid dienone is 2. The first-order chi connectivity index (χ1) is 15.2. The van der Waals surface area contributed by atoms with E-state index in [1.165, 1.54) is 25.7 Å². The third-order valence-corrected chi connectivity index (χ3v) is 11.2. The third-order valence-electron chi connectivity index (χ3n) is 11.2. The average Bonchev–Trinajstić information content (AvgIpc) is 3.19. The third kappa shape index (κ3) is 3.01. The van der Waals surface area contributed by atoms with E-state index in [9.17, 15) is 10.3 Å². The van der Waals surface area contributed by atoms with Gasteiger partial charge in [0.15, 0.2) is 0 Å². The zero-order chi connectivity index (χ0) is 22.4. The molecule has 0 amide bonds. The molecule has 0 aromatic carbocycles. The summed E-state index contributed by atoms with van der Waals surface area (Å²) in [5.41, 5.74) is 5.09. The van der Waals surface area contributed by atoms with Crippen molar-refractivity contribution in [2.75, 3.05) is 6.54 Å². The van der Waals surface area contributed by atoms with Crippen LogP contribution in [0.1, 0.15) is 85.5 Å². The van der Waals surface area contributed by atoms with Crippen LogP contribution in [0.5, 0.6) is 0 Å². The second-order valence-corrected chi connectivity index (χ2v) is 12.8. The van der Waals surface area contributed by atoms with Gasteiger partial charge in [-0.2, -0.15) is 5.06 Å². The monoisotopic (exact) mass is 441 g/mol. The lowest BCUT2D eigenvalue weighted by Gasteiger charge is -2.49. The van der Waals surface area contributed by atoms with E-state index in [1.807, 2.05) is 0 Å². The van der Waals surface area contributed by atoms with E-state index in [2.05, 4.69) is 33.8 Å². The van der Waals surface area contributed by atoms with E-state index < -0.39 is 0 Å². The molecule has 0 bridgehead atoms. The Morgan fingerprint density at radius 1 is 1.16 bits per heavy atom. The molecule has 6 rings (SSSR count). The number of aliphatic hydroxyl groups excluding tert-OH is 1. The molecule has 2 heterocycles. The molecule has 2 N–H and O–H groups in total. The summed E-state index contributed by atoms with van der Waals surface area (Å²) >= 11 is 0. The van der Waals surface area contributed by atoms with E-state index in [1.54, 1.807) is 21.8 Å². The van der Waals surface area contributed by atoms with Gasteiger partial charge in [0, 0.05) is 12.5 Å². The fourth-order valence-electron chi connectivity index (χ4n) is 9.49. The Kier molecular flexibility index (Phi) is 5.05. The summed E-state index contributed by atoms with van der Waals surface area (Å²) < 4.78 is 6.94. The standard InChI is InChI=1S/C28H43NO3/c1-16-11-25-26(29(31)15-16)18(3)28(32-25)10-8-21-22-6-5-19-12-20(30)7-9-27(19,4)24(22)13-23(21)17(2)14-28/h12,16,18,20-22,24-26,30-31H,5-11,13-15H2,1-4H3/t16-,18+,20-,21-,22-,24-,25+,26-,27-,28?/m0/s1. The Hall–Kier alpha value is -0.680. The van der Waals surface area contributed by atoms with Gasteiger partial charge in [-0.25, -0.2) is 0 Å². The van der Waals surface area contributed by atoms with Crippen molar-refractivity contribution in [3.63, 3.8) is 0 Å². The molecule has 2 saturated heterocycles. The van der Waals surface area contributed by atoms with E-state index in [4.69, 9.17) is 4.74 Å². The van der Waals surface area contributed by atoms with Crippen LogP contribution in [0.4, 0.5) is 0 Å². The number of hydroxylamine groups is 2. The molecule has 0 aromatic heterocycles. The quantitative estimate of drug-likeness (QED) is 0.488. The van der Waals surface area contributed by atoms with E-state index in [0.717, 1.165) is 50.5 Å². The number of rotatable bonds is 0. The van der Waals surface area contributed by atoms with Gasteiger partial charge in [0.2, 0.25) is 0 Å². The van der Waals surface area contributed by atoms with Gasteiger partial charge in [-0.15, -0.1) is 0 Å². The summed E-state index contributed by atoms with van der Waals surface area (Å²) in [6, 6.07) is 0.157. The minimum atomic E-state index is -0.222. The van der Waals surface area contributed by atoms with Gasteiger partial charge in [-0.05, 0) is 93.8 Å². The number of piperidine rings is 1. The molecule has 2 saturated carbocycles. The summed E-state index contributed by atoms with van der Waals surface area (Å²) in [5.74, 6) is 3.12.